The summed E-state index contributed by atoms with van der Waals surface area (Å²) in [4.78, 5) is 0. The standard InChI is InChI=1S/C17H30N.BrH/c1-4-6-14-18(3,15-7-5-2)16-13-17-11-9-8-10-12-17;/h8-12H,4-7,13-16H2,1-3H3;1H/q+1;/p-1. The summed E-state index contributed by atoms with van der Waals surface area (Å²) in [5, 5.41) is 0. The second-order valence-corrected chi connectivity index (χ2v) is 5.73. The van der Waals surface area contributed by atoms with Crippen molar-refractivity contribution in [2.24, 2.45) is 0 Å². The average molecular weight is 328 g/mol. The Morgan fingerprint density at radius 1 is 0.842 bits per heavy atom. The van der Waals surface area contributed by atoms with E-state index in [2.05, 4.69) is 51.2 Å². The first-order valence-corrected chi connectivity index (χ1v) is 7.57. The number of quaternary nitrogens is 1. The summed E-state index contributed by atoms with van der Waals surface area (Å²) in [5.74, 6) is 0. The van der Waals surface area contributed by atoms with Crippen LogP contribution < -0.4 is 17.0 Å². The second kappa shape index (κ2) is 10.4. The Balaban J connectivity index is 0.00000324. The van der Waals surface area contributed by atoms with E-state index in [0.29, 0.717) is 0 Å². The van der Waals surface area contributed by atoms with E-state index in [0.717, 1.165) is 0 Å². The fraction of sp³-hybridized carbons (Fsp3) is 0.647. The molecule has 110 valence electrons. The van der Waals surface area contributed by atoms with Crippen LogP contribution in [0.15, 0.2) is 30.3 Å². The molecule has 0 radical (unpaired) electrons. The van der Waals surface area contributed by atoms with Gasteiger partial charge in [-0.05, 0) is 18.4 Å². The van der Waals surface area contributed by atoms with E-state index in [1.54, 1.807) is 0 Å². The van der Waals surface area contributed by atoms with Crippen LogP contribution >= 0.6 is 0 Å². The van der Waals surface area contributed by atoms with Crippen molar-refractivity contribution in [3.05, 3.63) is 35.9 Å². The number of likely N-dealkylation sites (N-methyl/N-ethyl adjacent to an activating group) is 1. The molecule has 19 heavy (non-hydrogen) atoms. The second-order valence-electron chi connectivity index (χ2n) is 5.73. The van der Waals surface area contributed by atoms with Crippen molar-refractivity contribution in [3.8, 4) is 0 Å². The maximum Gasteiger partial charge on any atom is 0.0825 e. The molecular weight excluding hydrogens is 298 g/mol. The summed E-state index contributed by atoms with van der Waals surface area (Å²) in [6.45, 7) is 8.54. The minimum atomic E-state index is 0. The third-order valence-electron chi connectivity index (χ3n) is 3.89. The molecule has 0 heterocycles. The molecule has 0 aliphatic carbocycles. The monoisotopic (exact) mass is 327 g/mol. The van der Waals surface area contributed by atoms with Gasteiger partial charge in [-0.25, -0.2) is 0 Å². The van der Waals surface area contributed by atoms with Crippen LogP contribution in [0.3, 0.4) is 0 Å². The molecular formula is C17H30BrN. The van der Waals surface area contributed by atoms with Gasteiger partial charge in [0.15, 0.2) is 0 Å². The van der Waals surface area contributed by atoms with Crippen LogP contribution in [0, 0.1) is 0 Å². The van der Waals surface area contributed by atoms with Crippen molar-refractivity contribution in [2.45, 2.75) is 46.0 Å². The molecule has 1 rings (SSSR count). The van der Waals surface area contributed by atoms with Crippen LogP contribution in [-0.2, 0) is 6.42 Å². The maximum absolute atomic E-state index is 2.44. The summed E-state index contributed by atoms with van der Waals surface area (Å²) in [7, 11) is 2.44. The zero-order valence-electron chi connectivity index (χ0n) is 12.9. The molecule has 1 aromatic rings. The molecule has 0 saturated carbocycles. The lowest BCUT2D eigenvalue weighted by molar-refractivity contribution is -0.909. The molecule has 1 aromatic carbocycles. The van der Waals surface area contributed by atoms with Gasteiger partial charge in [0.25, 0.3) is 0 Å². The molecule has 0 N–H and O–H groups in total. The minimum absolute atomic E-state index is 0. The van der Waals surface area contributed by atoms with Crippen LogP contribution in [0.1, 0.15) is 45.1 Å². The molecule has 0 unspecified atom stereocenters. The van der Waals surface area contributed by atoms with E-state index in [9.17, 15) is 0 Å². The van der Waals surface area contributed by atoms with Crippen LogP contribution in [0.4, 0.5) is 0 Å². The topological polar surface area (TPSA) is 0 Å². The maximum atomic E-state index is 2.44. The molecule has 0 bridgehead atoms. The highest BCUT2D eigenvalue weighted by molar-refractivity contribution is 5.14. The van der Waals surface area contributed by atoms with Crippen molar-refractivity contribution in [3.63, 3.8) is 0 Å². The van der Waals surface area contributed by atoms with Gasteiger partial charge in [-0.3, -0.25) is 0 Å². The number of rotatable bonds is 9. The van der Waals surface area contributed by atoms with Gasteiger partial charge in [-0.15, -0.1) is 0 Å². The van der Waals surface area contributed by atoms with Crippen molar-refractivity contribution in [1.82, 2.24) is 0 Å². The lowest BCUT2D eigenvalue weighted by Crippen LogP contribution is -3.00. The predicted octanol–water partition coefficient (Wildman–Crippen LogP) is 1.28. The molecule has 0 aromatic heterocycles. The molecule has 0 spiro atoms. The minimum Gasteiger partial charge on any atom is -1.00 e. The van der Waals surface area contributed by atoms with Gasteiger partial charge >= 0.3 is 0 Å². The highest BCUT2D eigenvalue weighted by atomic mass is 79.9. The van der Waals surface area contributed by atoms with Gasteiger partial charge in [0, 0.05) is 6.42 Å². The summed E-state index contributed by atoms with van der Waals surface area (Å²) >= 11 is 0. The summed E-state index contributed by atoms with van der Waals surface area (Å²) in [6, 6.07) is 10.9. The normalized spacial score (nSPS) is 11.1. The van der Waals surface area contributed by atoms with E-state index in [1.807, 2.05) is 0 Å². The Labute approximate surface area is 130 Å². The van der Waals surface area contributed by atoms with Crippen LogP contribution in [-0.4, -0.2) is 31.2 Å². The van der Waals surface area contributed by atoms with Gasteiger partial charge in [0.2, 0.25) is 0 Å². The third-order valence-corrected chi connectivity index (χ3v) is 3.89. The van der Waals surface area contributed by atoms with Gasteiger partial charge in [-0.1, -0.05) is 57.0 Å². The molecule has 2 heteroatoms. The zero-order chi connectivity index (χ0) is 13.3. The molecule has 0 aliphatic rings. The summed E-state index contributed by atoms with van der Waals surface area (Å²) in [6.07, 6.45) is 6.55. The zero-order valence-corrected chi connectivity index (χ0v) is 14.5. The molecule has 0 aliphatic heterocycles. The predicted molar refractivity (Wildman–Crippen MR) is 80.7 cm³/mol. The number of benzene rings is 1. The van der Waals surface area contributed by atoms with Crippen LogP contribution in [0.5, 0.6) is 0 Å². The van der Waals surface area contributed by atoms with Gasteiger partial charge in [-0.2, -0.15) is 0 Å². The first kappa shape index (κ1) is 18.7. The average Bonchev–Trinajstić information content (AvgIpc) is 2.42. The van der Waals surface area contributed by atoms with Crippen LogP contribution in [0.25, 0.3) is 0 Å². The fourth-order valence-corrected chi connectivity index (χ4v) is 2.46. The number of unbranched alkanes of at least 4 members (excludes halogenated alkanes) is 2. The largest absolute Gasteiger partial charge is 1.00 e. The SMILES string of the molecule is CCCC[N+](C)(CCCC)CCc1ccccc1.[Br-]. The van der Waals surface area contributed by atoms with Gasteiger partial charge in [0.1, 0.15) is 0 Å². The van der Waals surface area contributed by atoms with Crippen molar-refractivity contribution in [2.75, 3.05) is 26.7 Å². The Bertz CT molecular complexity index is 302. The van der Waals surface area contributed by atoms with E-state index >= 15 is 0 Å². The summed E-state index contributed by atoms with van der Waals surface area (Å²) < 4.78 is 1.25. The number of hydrogen-bond acceptors (Lipinski definition) is 0. The fourth-order valence-electron chi connectivity index (χ4n) is 2.46. The number of halogens is 1. The van der Waals surface area contributed by atoms with E-state index < -0.39 is 0 Å². The van der Waals surface area contributed by atoms with E-state index in [1.165, 1.54) is 61.8 Å². The molecule has 0 atom stereocenters. The molecule has 0 amide bonds. The highest BCUT2D eigenvalue weighted by Gasteiger charge is 2.19. The lowest BCUT2D eigenvalue weighted by Gasteiger charge is -2.35. The van der Waals surface area contributed by atoms with Crippen molar-refractivity contribution in [1.29, 1.82) is 0 Å². The Hall–Kier alpha value is -0.340. The first-order chi connectivity index (χ1) is 8.70. The summed E-state index contributed by atoms with van der Waals surface area (Å²) in [5.41, 5.74) is 1.48. The molecule has 0 saturated heterocycles. The number of nitrogens with zero attached hydrogens (tertiary/aromatic N) is 1. The Kier molecular flexibility index (Phi) is 10.3. The molecule has 1 nitrogen and oxygen atoms in total. The van der Waals surface area contributed by atoms with Gasteiger partial charge < -0.3 is 21.5 Å². The Morgan fingerprint density at radius 2 is 1.37 bits per heavy atom. The quantitative estimate of drug-likeness (QED) is 0.599. The third kappa shape index (κ3) is 7.74. The Morgan fingerprint density at radius 3 is 1.84 bits per heavy atom. The van der Waals surface area contributed by atoms with E-state index in [-0.39, 0.29) is 17.0 Å². The molecule has 0 fully saturated rings. The van der Waals surface area contributed by atoms with Crippen LogP contribution in [0.2, 0.25) is 0 Å². The van der Waals surface area contributed by atoms with Crippen molar-refractivity contribution < 1.29 is 21.5 Å². The smallest absolute Gasteiger partial charge is 0.0825 e. The van der Waals surface area contributed by atoms with Crippen molar-refractivity contribution >= 4 is 0 Å². The van der Waals surface area contributed by atoms with E-state index in [4.69, 9.17) is 0 Å². The number of hydrogen-bond donors (Lipinski definition) is 0. The first-order valence-electron chi connectivity index (χ1n) is 7.57. The van der Waals surface area contributed by atoms with Gasteiger partial charge in [0.05, 0.1) is 26.7 Å². The lowest BCUT2D eigenvalue weighted by atomic mass is 10.1. The highest BCUT2D eigenvalue weighted by Crippen LogP contribution is 2.11.